The van der Waals surface area contributed by atoms with Gasteiger partial charge in [-0.2, -0.15) is 0 Å². The van der Waals surface area contributed by atoms with E-state index >= 15 is 0 Å². The fourth-order valence-electron chi connectivity index (χ4n) is 1.08. The number of hydrogen-bond acceptors (Lipinski definition) is 2. The van der Waals surface area contributed by atoms with Crippen LogP contribution in [0.1, 0.15) is 5.56 Å². The lowest BCUT2D eigenvalue weighted by atomic mass is 10.1. The van der Waals surface area contributed by atoms with Crippen LogP contribution < -0.4 is 0 Å². The van der Waals surface area contributed by atoms with Crippen LogP contribution in [0, 0.1) is 0 Å². The van der Waals surface area contributed by atoms with Crippen LogP contribution in [0.2, 0.25) is 0 Å². The molecule has 0 radical (unpaired) electrons. The molecule has 72 valence electrons. The summed E-state index contributed by atoms with van der Waals surface area (Å²) in [7, 11) is 1.90. The first-order chi connectivity index (χ1) is 6.24. The van der Waals surface area contributed by atoms with Crippen LogP contribution in [-0.4, -0.2) is 30.3 Å². The molecule has 0 amide bonds. The average Bonchev–Trinajstić information content (AvgIpc) is 2.16. The van der Waals surface area contributed by atoms with Gasteiger partial charge >= 0.3 is 0 Å². The van der Waals surface area contributed by atoms with Crippen LogP contribution in [0.4, 0.5) is 0 Å². The van der Waals surface area contributed by atoms with Crippen molar-refractivity contribution in [3.05, 3.63) is 34.3 Å². The van der Waals surface area contributed by atoms with E-state index in [4.69, 9.17) is 5.11 Å². The van der Waals surface area contributed by atoms with E-state index in [1.807, 2.05) is 30.1 Å². The molecule has 0 aliphatic rings. The van der Waals surface area contributed by atoms with Gasteiger partial charge in [-0.3, -0.25) is 4.90 Å². The van der Waals surface area contributed by atoms with Crippen molar-refractivity contribution in [2.45, 2.75) is 6.42 Å². The lowest BCUT2D eigenvalue weighted by molar-refractivity contribution is 0.134. The van der Waals surface area contributed by atoms with Gasteiger partial charge in [0.15, 0.2) is 0 Å². The number of nitrogens with zero attached hydrogens (tertiary/aromatic N) is 1. The van der Waals surface area contributed by atoms with Crippen LogP contribution in [-0.2, 0) is 6.42 Å². The number of rotatable bonds is 4. The van der Waals surface area contributed by atoms with Crippen LogP contribution in [0.5, 0.6) is 0 Å². The summed E-state index contributed by atoms with van der Waals surface area (Å²) in [6, 6.07) is 8.16. The molecule has 0 atom stereocenters. The monoisotopic (exact) mass is 243 g/mol. The Morgan fingerprint density at radius 2 is 2.08 bits per heavy atom. The Hall–Kier alpha value is -0.380. The van der Waals surface area contributed by atoms with Gasteiger partial charge in [0.1, 0.15) is 0 Å². The zero-order valence-electron chi connectivity index (χ0n) is 7.70. The summed E-state index contributed by atoms with van der Waals surface area (Å²) in [4.78, 5) is 1.87. The Balaban J connectivity index is 2.50. The van der Waals surface area contributed by atoms with Crippen molar-refractivity contribution >= 4 is 15.9 Å². The molecule has 3 heteroatoms. The standard InChI is InChI=1S/C10H14BrNO/c1-12(8-13)7-6-9-4-2-3-5-10(9)11/h2-5,13H,6-8H2,1H3. The first kappa shape index (κ1) is 10.7. The summed E-state index contributed by atoms with van der Waals surface area (Å²) < 4.78 is 1.14. The molecule has 1 N–H and O–H groups in total. The first-order valence-corrected chi connectivity index (χ1v) is 5.06. The normalized spacial score (nSPS) is 10.8. The molecule has 2 nitrogen and oxygen atoms in total. The lowest BCUT2D eigenvalue weighted by Crippen LogP contribution is -2.22. The maximum Gasteiger partial charge on any atom is 0.0954 e. The highest BCUT2D eigenvalue weighted by molar-refractivity contribution is 9.10. The van der Waals surface area contributed by atoms with E-state index in [2.05, 4.69) is 22.0 Å². The third-order valence-corrected chi connectivity index (χ3v) is 2.74. The molecule has 0 fully saturated rings. The molecule has 0 aliphatic carbocycles. The number of aliphatic hydroxyl groups is 1. The van der Waals surface area contributed by atoms with E-state index in [1.165, 1.54) is 5.56 Å². The van der Waals surface area contributed by atoms with Gasteiger partial charge in [0.25, 0.3) is 0 Å². The van der Waals surface area contributed by atoms with Crippen LogP contribution in [0.15, 0.2) is 28.7 Å². The first-order valence-electron chi connectivity index (χ1n) is 4.27. The highest BCUT2D eigenvalue weighted by Crippen LogP contribution is 2.16. The third-order valence-electron chi connectivity index (χ3n) is 1.96. The second-order valence-corrected chi connectivity index (χ2v) is 3.92. The van der Waals surface area contributed by atoms with Gasteiger partial charge < -0.3 is 5.11 Å². The minimum Gasteiger partial charge on any atom is -0.381 e. The van der Waals surface area contributed by atoms with Gasteiger partial charge in [-0.05, 0) is 25.1 Å². The van der Waals surface area contributed by atoms with E-state index < -0.39 is 0 Å². The zero-order chi connectivity index (χ0) is 9.68. The molecule has 0 aliphatic heterocycles. The maximum atomic E-state index is 8.80. The van der Waals surface area contributed by atoms with Crippen LogP contribution >= 0.6 is 15.9 Å². The summed E-state index contributed by atoms with van der Waals surface area (Å²) in [6.45, 7) is 0.990. The molecule has 0 aromatic heterocycles. The van der Waals surface area contributed by atoms with Gasteiger partial charge in [-0.15, -0.1) is 0 Å². The molecular formula is C10H14BrNO. The lowest BCUT2D eigenvalue weighted by Gasteiger charge is -2.12. The predicted octanol–water partition coefficient (Wildman–Crippen LogP) is 1.87. The van der Waals surface area contributed by atoms with Crippen molar-refractivity contribution in [2.75, 3.05) is 20.3 Å². The summed E-state index contributed by atoms with van der Waals surface area (Å²) in [5.74, 6) is 0. The molecule has 0 saturated carbocycles. The van der Waals surface area contributed by atoms with E-state index in [1.54, 1.807) is 0 Å². The van der Waals surface area contributed by atoms with Gasteiger partial charge in [0, 0.05) is 11.0 Å². The Labute approximate surface area is 87.3 Å². The van der Waals surface area contributed by atoms with E-state index in [0.717, 1.165) is 17.4 Å². The maximum absolute atomic E-state index is 8.80. The highest BCUT2D eigenvalue weighted by atomic mass is 79.9. The third kappa shape index (κ3) is 3.46. The molecule has 13 heavy (non-hydrogen) atoms. The molecule has 1 aromatic rings. The van der Waals surface area contributed by atoms with E-state index in [0.29, 0.717) is 0 Å². The number of hydrogen-bond donors (Lipinski definition) is 1. The van der Waals surface area contributed by atoms with E-state index in [9.17, 15) is 0 Å². The Bertz CT molecular complexity index is 265. The fourth-order valence-corrected chi connectivity index (χ4v) is 1.57. The average molecular weight is 244 g/mol. The number of benzene rings is 1. The van der Waals surface area contributed by atoms with Crippen LogP contribution in [0.3, 0.4) is 0 Å². The molecular weight excluding hydrogens is 230 g/mol. The van der Waals surface area contributed by atoms with Crippen molar-refractivity contribution < 1.29 is 5.11 Å². The molecule has 0 spiro atoms. The van der Waals surface area contributed by atoms with Gasteiger partial charge in [-0.1, -0.05) is 34.1 Å². The largest absolute Gasteiger partial charge is 0.381 e. The van der Waals surface area contributed by atoms with Crippen LogP contribution in [0.25, 0.3) is 0 Å². The van der Waals surface area contributed by atoms with Gasteiger partial charge in [0.2, 0.25) is 0 Å². The molecule has 1 aromatic carbocycles. The fraction of sp³-hybridized carbons (Fsp3) is 0.400. The van der Waals surface area contributed by atoms with Gasteiger partial charge in [-0.25, -0.2) is 0 Å². The smallest absolute Gasteiger partial charge is 0.0954 e. The Kier molecular flexibility index (Phi) is 4.42. The second kappa shape index (κ2) is 5.37. The highest BCUT2D eigenvalue weighted by Gasteiger charge is 2.00. The van der Waals surface area contributed by atoms with Crippen molar-refractivity contribution in [2.24, 2.45) is 0 Å². The number of aliphatic hydroxyl groups excluding tert-OH is 1. The Morgan fingerprint density at radius 1 is 1.38 bits per heavy atom. The molecule has 0 unspecified atom stereocenters. The second-order valence-electron chi connectivity index (χ2n) is 3.06. The quantitative estimate of drug-likeness (QED) is 0.817. The molecule has 0 bridgehead atoms. The topological polar surface area (TPSA) is 23.5 Å². The van der Waals surface area contributed by atoms with Crippen molar-refractivity contribution in [3.8, 4) is 0 Å². The Morgan fingerprint density at radius 3 is 2.69 bits per heavy atom. The van der Waals surface area contributed by atoms with Crippen molar-refractivity contribution in [1.29, 1.82) is 0 Å². The summed E-state index contributed by atoms with van der Waals surface area (Å²) in [5, 5.41) is 8.80. The summed E-state index contributed by atoms with van der Waals surface area (Å²) in [6.07, 6.45) is 0.957. The minimum atomic E-state index is 0.116. The molecule has 1 rings (SSSR count). The molecule has 0 saturated heterocycles. The van der Waals surface area contributed by atoms with Crippen molar-refractivity contribution in [1.82, 2.24) is 4.90 Å². The zero-order valence-corrected chi connectivity index (χ0v) is 9.29. The summed E-state index contributed by atoms with van der Waals surface area (Å²) >= 11 is 3.49. The predicted molar refractivity (Wildman–Crippen MR) is 57.6 cm³/mol. The molecule has 0 heterocycles. The summed E-state index contributed by atoms with van der Waals surface area (Å²) in [5.41, 5.74) is 1.28. The number of halogens is 1. The van der Waals surface area contributed by atoms with Crippen molar-refractivity contribution in [3.63, 3.8) is 0 Å². The number of likely N-dealkylation sites (N-methyl/N-ethyl adjacent to an activating group) is 1. The van der Waals surface area contributed by atoms with E-state index in [-0.39, 0.29) is 6.73 Å². The SMILES string of the molecule is CN(CO)CCc1ccccc1Br. The van der Waals surface area contributed by atoms with Gasteiger partial charge in [0.05, 0.1) is 6.73 Å². The minimum absolute atomic E-state index is 0.116.